The zero-order valence-electron chi connectivity index (χ0n) is 24.1. The fraction of sp³-hybridized carbons (Fsp3) is 0.364. The topological polar surface area (TPSA) is 107 Å². The summed E-state index contributed by atoms with van der Waals surface area (Å²) < 4.78 is 17.3. The number of aromatic hydroxyl groups is 2. The molecule has 0 aliphatic carbocycles. The standard InChI is InChI=1S/C33H39N3O5/c1-4-7-18-39-24-12-10-23(11-13-24)31-34-32(27-16-14-25(21-29(27)37)40-19-8-5-2)36-33(35-31)28-17-15-26(22-30(28)38)41-20-9-6-3/h10-17,21-22,37-38H,4-9,18-20H2,1-3H3. The molecule has 3 aromatic carbocycles. The Bertz CT molecular complexity index is 1330. The number of hydrogen-bond donors (Lipinski definition) is 2. The van der Waals surface area contributed by atoms with Crippen molar-refractivity contribution in [1.82, 2.24) is 15.0 Å². The van der Waals surface area contributed by atoms with Crippen LogP contribution >= 0.6 is 0 Å². The van der Waals surface area contributed by atoms with E-state index in [4.69, 9.17) is 24.2 Å². The SMILES string of the molecule is CCCCOc1ccc(-c2nc(-c3ccc(OCCCC)cc3O)nc(-c3ccc(OCCCC)cc3O)n2)cc1. The fourth-order valence-corrected chi connectivity index (χ4v) is 4.03. The third kappa shape index (κ3) is 8.10. The van der Waals surface area contributed by atoms with Crippen molar-refractivity contribution in [1.29, 1.82) is 0 Å². The molecule has 1 aromatic heterocycles. The average Bonchev–Trinajstić information content (AvgIpc) is 2.98. The summed E-state index contributed by atoms with van der Waals surface area (Å²) in [6.07, 6.45) is 5.94. The molecule has 8 nitrogen and oxygen atoms in total. The Kier molecular flexibility index (Phi) is 10.8. The molecule has 1 heterocycles. The highest BCUT2D eigenvalue weighted by Crippen LogP contribution is 2.36. The van der Waals surface area contributed by atoms with Crippen LogP contribution < -0.4 is 14.2 Å². The minimum Gasteiger partial charge on any atom is -0.507 e. The van der Waals surface area contributed by atoms with Crippen LogP contribution in [0.1, 0.15) is 59.3 Å². The fourth-order valence-electron chi connectivity index (χ4n) is 4.03. The van der Waals surface area contributed by atoms with Crippen molar-refractivity contribution in [3.63, 3.8) is 0 Å². The maximum absolute atomic E-state index is 10.9. The van der Waals surface area contributed by atoms with Gasteiger partial charge >= 0.3 is 0 Å². The number of phenols is 2. The number of rotatable bonds is 15. The van der Waals surface area contributed by atoms with Crippen LogP contribution in [0.5, 0.6) is 28.7 Å². The molecule has 0 atom stereocenters. The largest absolute Gasteiger partial charge is 0.507 e. The Morgan fingerprint density at radius 2 is 0.902 bits per heavy atom. The van der Waals surface area contributed by atoms with Crippen LogP contribution in [-0.2, 0) is 0 Å². The molecule has 0 bridgehead atoms. The molecular weight excluding hydrogens is 518 g/mol. The van der Waals surface area contributed by atoms with E-state index in [0.717, 1.165) is 49.8 Å². The van der Waals surface area contributed by atoms with Gasteiger partial charge in [-0.2, -0.15) is 0 Å². The Balaban J connectivity index is 1.72. The van der Waals surface area contributed by atoms with E-state index in [1.54, 1.807) is 36.4 Å². The van der Waals surface area contributed by atoms with Crippen molar-refractivity contribution in [3.8, 4) is 62.9 Å². The van der Waals surface area contributed by atoms with Gasteiger partial charge in [-0.25, -0.2) is 15.0 Å². The average molecular weight is 558 g/mol. The number of hydrogen-bond acceptors (Lipinski definition) is 8. The van der Waals surface area contributed by atoms with Crippen molar-refractivity contribution < 1.29 is 24.4 Å². The summed E-state index contributed by atoms with van der Waals surface area (Å²) in [5.74, 6) is 2.84. The molecule has 8 heteroatoms. The molecular formula is C33H39N3O5. The first-order valence-corrected chi connectivity index (χ1v) is 14.4. The first-order chi connectivity index (χ1) is 20.0. The molecule has 2 N–H and O–H groups in total. The predicted molar refractivity (Wildman–Crippen MR) is 161 cm³/mol. The Morgan fingerprint density at radius 1 is 0.512 bits per heavy atom. The van der Waals surface area contributed by atoms with Crippen LogP contribution in [0.4, 0.5) is 0 Å². The lowest BCUT2D eigenvalue weighted by Gasteiger charge is -2.12. The molecule has 0 saturated heterocycles. The van der Waals surface area contributed by atoms with Gasteiger partial charge in [-0.15, -0.1) is 0 Å². The Morgan fingerprint density at radius 3 is 1.32 bits per heavy atom. The zero-order chi connectivity index (χ0) is 29.0. The minimum atomic E-state index is -0.00864. The molecule has 0 unspecified atom stereocenters. The van der Waals surface area contributed by atoms with Crippen LogP contribution in [0.2, 0.25) is 0 Å². The lowest BCUT2D eigenvalue weighted by Crippen LogP contribution is -2.02. The number of benzene rings is 3. The summed E-state index contributed by atoms with van der Waals surface area (Å²) in [7, 11) is 0. The van der Waals surface area contributed by atoms with Crippen molar-refractivity contribution in [3.05, 3.63) is 60.7 Å². The molecule has 0 aliphatic rings. The van der Waals surface area contributed by atoms with Crippen molar-refractivity contribution in [2.75, 3.05) is 19.8 Å². The van der Waals surface area contributed by atoms with Crippen LogP contribution in [0, 0.1) is 0 Å². The van der Waals surface area contributed by atoms with E-state index in [2.05, 4.69) is 25.8 Å². The Hall–Kier alpha value is -4.33. The lowest BCUT2D eigenvalue weighted by atomic mass is 10.1. The second-order valence-corrected chi connectivity index (χ2v) is 9.79. The summed E-state index contributed by atoms with van der Waals surface area (Å²) in [6.45, 7) is 8.12. The van der Waals surface area contributed by atoms with Gasteiger partial charge in [0.15, 0.2) is 17.5 Å². The first kappa shape index (κ1) is 29.6. The van der Waals surface area contributed by atoms with Gasteiger partial charge in [-0.3, -0.25) is 0 Å². The highest BCUT2D eigenvalue weighted by molar-refractivity contribution is 5.72. The summed E-state index contributed by atoms with van der Waals surface area (Å²) in [5, 5.41) is 21.8. The van der Waals surface area contributed by atoms with Crippen LogP contribution in [0.25, 0.3) is 34.2 Å². The summed E-state index contributed by atoms with van der Waals surface area (Å²) >= 11 is 0. The summed E-state index contributed by atoms with van der Waals surface area (Å²) in [4.78, 5) is 14.0. The van der Waals surface area contributed by atoms with E-state index in [1.165, 1.54) is 0 Å². The number of nitrogens with zero attached hydrogens (tertiary/aromatic N) is 3. The quantitative estimate of drug-likeness (QED) is 0.142. The maximum atomic E-state index is 10.9. The van der Waals surface area contributed by atoms with Crippen LogP contribution in [-0.4, -0.2) is 45.0 Å². The molecule has 4 rings (SSSR count). The minimum absolute atomic E-state index is 0.00864. The predicted octanol–water partition coefficient (Wildman–Crippen LogP) is 7.82. The van der Waals surface area contributed by atoms with E-state index in [9.17, 15) is 10.2 Å². The number of phenolic OH excluding ortho intramolecular Hbond substituents is 2. The van der Waals surface area contributed by atoms with Gasteiger partial charge in [0.1, 0.15) is 28.7 Å². The van der Waals surface area contributed by atoms with Crippen LogP contribution in [0.3, 0.4) is 0 Å². The van der Waals surface area contributed by atoms with E-state index in [-0.39, 0.29) is 23.1 Å². The maximum Gasteiger partial charge on any atom is 0.167 e. The number of ether oxygens (including phenoxy) is 3. The van der Waals surface area contributed by atoms with E-state index in [0.29, 0.717) is 48.3 Å². The van der Waals surface area contributed by atoms with Crippen molar-refractivity contribution in [2.24, 2.45) is 0 Å². The van der Waals surface area contributed by atoms with Gasteiger partial charge in [-0.05, 0) is 67.8 Å². The highest BCUT2D eigenvalue weighted by Gasteiger charge is 2.18. The highest BCUT2D eigenvalue weighted by atomic mass is 16.5. The van der Waals surface area contributed by atoms with E-state index >= 15 is 0 Å². The molecule has 0 aliphatic heterocycles. The number of aromatic nitrogens is 3. The van der Waals surface area contributed by atoms with E-state index < -0.39 is 0 Å². The molecule has 216 valence electrons. The smallest absolute Gasteiger partial charge is 0.167 e. The Labute approximate surface area is 242 Å². The summed E-state index contributed by atoms with van der Waals surface area (Å²) in [6, 6.07) is 17.7. The number of unbranched alkanes of at least 4 members (excludes halogenated alkanes) is 3. The lowest BCUT2D eigenvalue weighted by molar-refractivity contribution is 0.307. The van der Waals surface area contributed by atoms with Gasteiger partial charge in [0.05, 0.1) is 30.9 Å². The molecule has 41 heavy (non-hydrogen) atoms. The molecule has 4 aromatic rings. The third-order valence-electron chi connectivity index (χ3n) is 6.47. The van der Waals surface area contributed by atoms with Crippen molar-refractivity contribution in [2.45, 2.75) is 59.3 Å². The molecule has 0 amide bonds. The van der Waals surface area contributed by atoms with Gasteiger partial charge in [0.25, 0.3) is 0 Å². The second-order valence-electron chi connectivity index (χ2n) is 9.79. The second kappa shape index (κ2) is 14.9. The van der Waals surface area contributed by atoms with Crippen LogP contribution in [0.15, 0.2) is 60.7 Å². The van der Waals surface area contributed by atoms with Crippen molar-refractivity contribution >= 4 is 0 Å². The normalized spacial score (nSPS) is 10.9. The monoisotopic (exact) mass is 557 g/mol. The van der Waals surface area contributed by atoms with Gasteiger partial charge in [0, 0.05) is 17.7 Å². The molecule has 0 saturated carbocycles. The third-order valence-corrected chi connectivity index (χ3v) is 6.47. The first-order valence-electron chi connectivity index (χ1n) is 14.4. The van der Waals surface area contributed by atoms with Gasteiger partial charge in [0.2, 0.25) is 0 Å². The molecule has 0 spiro atoms. The van der Waals surface area contributed by atoms with Gasteiger partial charge in [-0.1, -0.05) is 40.0 Å². The zero-order valence-corrected chi connectivity index (χ0v) is 24.1. The van der Waals surface area contributed by atoms with E-state index in [1.807, 2.05) is 24.3 Å². The molecule has 0 fully saturated rings. The molecule has 0 radical (unpaired) electrons. The summed E-state index contributed by atoms with van der Waals surface area (Å²) in [5.41, 5.74) is 1.60. The van der Waals surface area contributed by atoms with Gasteiger partial charge < -0.3 is 24.4 Å².